The van der Waals surface area contributed by atoms with Crippen LogP contribution >= 0.6 is 0 Å². The highest BCUT2D eigenvalue weighted by Crippen LogP contribution is 2.02. The van der Waals surface area contributed by atoms with Crippen molar-refractivity contribution in [3.05, 3.63) is 11.6 Å². The molecule has 0 saturated carbocycles. The molecular formula is C12H20O3Si. The lowest BCUT2D eigenvalue weighted by molar-refractivity contribution is 0.0577. The molecule has 0 spiro atoms. The zero-order valence-electron chi connectivity index (χ0n) is 10.9. The SMILES string of the molecule is COC(=O)OC(C)/C=C(/C)C#C[Si](C)(C)C. The van der Waals surface area contributed by atoms with E-state index >= 15 is 0 Å². The number of ether oxygens (including phenoxy) is 2. The van der Waals surface area contributed by atoms with E-state index in [-0.39, 0.29) is 6.10 Å². The van der Waals surface area contributed by atoms with Gasteiger partial charge in [-0.1, -0.05) is 25.6 Å². The van der Waals surface area contributed by atoms with Gasteiger partial charge in [-0.25, -0.2) is 4.79 Å². The standard InChI is InChI=1S/C12H20O3Si/c1-10(7-8-16(4,5)6)9-11(2)15-12(13)14-3/h9,11H,1-6H3/b10-9-. The van der Waals surface area contributed by atoms with Crippen molar-refractivity contribution in [3.8, 4) is 11.5 Å². The molecule has 1 atom stereocenters. The summed E-state index contributed by atoms with van der Waals surface area (Å²) in [5.41, 5.74) is 4.16. The third-order valence-electron chi connectivity index (χ3n) is 1.57. The van der Waals surface area contributed by atoms with Gasteiger partial charge >= 0.3 is 6.16 Å². The topological polar surface area (TPSA) is 35.5 Å². The summed E-state index contributed by atoms with van der Waals surface area (Å²) in [6, 6.07) is 0. The second-order valence-corrected chi connectivity index (χ2v) is 9.38. The van der Waals surface area contributed by atoms with Crippen LogP contribution in [0.4, 0.5) is 4.79 Å². The predicted molar refractivity (Wildman–Crippen MR) is 67.8 cm³/mol. The number of hydrogen-bond acceptors (Lipinski definition) is 3. The first-order valence-electron chi connectivity index (χ1n) is 5.21. The van der Waals surface area contributed by atoms with E-state index in [0.29, 0.717) is 0 Å². The van der Waals surface area contributed by atoms with Gasteiger partial charge in [-0.3, -0.25) is 0 Å². The second-order valence-electron chi connectivity index (χ2n) is 4.63. The van der Waals surface area contributed by atoms with Crippen molar-refractivity contribution in [3.63, 3.8) is 0 Å². The normalized spacial score (nSPS) is 13.5. The van der Waals surface area contributed by atoms with Gasteiger partial charge in [-0.2, -0.15) is 0 Å². The molecule has 0 aromatic heterocycles. The molecule has 0 heterocycles. The van der Waals surface area contributed by atoms with Gasteiger partial charge in [0.05, 0.1) is 7.11 Å². The Bertz CT molecular complexity index is 328. The van der Waals surface area contributed by atoms with Crippen LogP contribution in [-0.4, -0.2) is 27.4 Å². The van der Waals surface area contributed by atoms with Gasteiger partial charge in [-0.05, 0) is 25.5 Å². The monoisotopic (exact) mass is 240 g/mol. The van der Waals surface area contributed by atoms with Gasteiger partial charge in [0.1, 0.15) is 14.2 Å². The average molecular weight is 240 g/mol. The van der Waals surface area contributed by atoms with Gasteiger partial charge in [0, 0.05) is 0 Å². The molecule has 0 rings (SSSR count). The first-order valence-corrected chi connectivity index (χ1v) is 8.71. The van der Waals surface area contributed by atoms with Crippen molar-refractivity contribution in [1.82, 2.24) is 0 Å². The maximum absolute atomic E-state index is 10.8. The first-order chi connectivity index (χ1) is 7.24. The number of carbonyl (C=O) groups is 1. The number of rotatable bonds is 2. The van der Waals surface area contributed by atoms with Gasteiger partial charge in [0.2, 0.25) is 0 Å². The van der Waals surface area contributed by atoms with Gasteiger partial charge in [0.25, 0.3) is 0 Å². The molecule has 0 aromatic carbocycles. The van der Waals surface area contributed by atoms with Crippen LogP contribution < -0.4 is 0 Å². The maximum atomic E-state index is 10.8. The highest BCUT2D eigenvalue weighted by Gasteiger charge is 2.08. The van der Waals surface area contributed by atoms with Crippen LogP contribution in [0, 0.1) is 11.5 Å². The van der Waals surface area contributed by atoms with Crippen molar-refractivity contribution in [2.45, 2.75) is 39.6 Å². The van der Waals surface area contributed by atoms with E-state index in [4.69, 9.17) is 4.74 Å². The molecule has 1 unspecified atom stereocenters. The second kappa shape index (κ2) is 6.39. The zero-order chi connectivity index (χ0) is 12.8. The fourth-order valence-corrected chi connectivity index (χ4v) is 1.49. The molecule has 0 amide bonds. The van der Waals surface area contributed by atoms with Crippen LogP contribution in [-0.2, 0) is 9.47 Å². The van der Waals surface area contributed by atoms with E-state index in [1.54, 1.807) is 6.92 Å². The maximum Gasteiger partial charge on any atom is 0.508 e. The molecule has 0 aromatic rings. The third-order valence-corrected chi connectivity index (χ3v) is 2.44. The van der Waals surface area contributed by atoms with Crippen molar-refractivity contribution in [2.75, 3.05) is 7.11 Å². The Morgan fingerprint density at radius 2 is 1.94 bits per heavy atom. The molecule has 0 radical (unpaired) electrons. The summed E-state index contributed by atoms with van der Waals surface area (Å²) >= 11 is 0. The molecule has 90 valence electrons. The smallest absolute Gasteiger partial charge is 0.438 e. The number of carbonyl (C=O) groups excluding carboxylic acids is 1. The number of hydrogen-bond donors (Lipinski definition) is 0. The van der Waals surface area contributed by atoms with Gasteiger partial charge in [-0.15, -0.1) is 5.54 Å². The third kappa shape index (κ3) is 8.12. The molecule has 0 N–H and O–H groups in total. The van der Waals surface area contributed by atoms with Gasteiger partial charge in [0.15, 0.2) is 0 Å². The predicted octanol–water partition coefficient (Wildman–Crippen LogP) is 2.99. The summed E-state index contributed by atoms with van der Waals surface area (Å²) in [6.07, 6.45) is 0.822. The Labute approximate surface area is 98.8 Å². The van der Waals surface area contributed by atoms with E-state index in [9.17, 15) is 4.79 Å². The molecule has 0 aliphatic heterocycles. The summed E-state index contributed by atoms with van der Waals surface area (Å²) in [4.78, 5) is 10.8. The van der Waals surface area contributed by atoms with Crippen molar-refractivity contribution in [1.29, 1.82) is 0 Å². The summed E-state index contributed by atoms with van der Waals surface area (Å²) in [6.45, 7) is 10.2. The highest BCUT2D eigenvalue weighted by atomic mass is 28.3. The summed E-state index contributed by atoms with van der Waals surface area (Å²) < 4.78 is 9.31. The summed E-state index contributed by atoms with van der Waals surface area (Å²) in [5.74, 6) is 3.09. The first kappa shape index (κ1) is 14.8. The van der Waals surface area contributed by atoms with Crippen LogP contribution in [0.15, 0.2) is 11.6 Å². The fourth-order valence-electron chi connectivity index (χ4n) is 0.914. The van der Waals surface area contributed by atoms with Crippen LogP contribution in [0.3, 0.4) is 0 Å². The Hall–Kier alpha value is -1.21. The minimum atomic E-state index is -1.34. The van der Waals surface area contributed by atoms with Crippen LogP contribution in [0.2, 0.25) is 19.6 Å². The highest BCUT2D eigenvalue weighted by molar-refractivity contribution is 6.83. The van der Waals surface area contributed by atoms with Crippen LogP contribution in [0.1, 0.15) is 13.8 Å². The largest absolute Gasteiger partial charge is 0.508 e. The molecule has 16 heavy (non-hydrogen) atoms. The molecule has 0 saturated heterocycles. The molecule has 0 aliphatic rings. The van der Waals surface area contributed by atoms with E-state index in [1.165, 1.54) is 7.11 Å². The zero-order valence-corrected chi connectivity index (χ0v) is 11.9. The van der Waals surface area contributed by atoms with E-state index in [0.717, 1.165) is 5.57 Å². The lowest BCUT2D eigenvalue weighted by Crippen LogP contribution is -2.16. The molecule has 0 fully saturated rings. The molecular weight excluding hydrogens is 220 g/mol. The van der Waals surface area contributed by atoms with Crippen LogP contribution in [0.5, 0.6) is 0 Å². The quantitative estimate of drug-likeness (QED) is 0.423. The van der Waals surface area contributed by atoms with Crippen molar-refractivity contribution < 1.29 is 14.3 Å². The average Bonchev–Trinajstić information content (AvgIpc) is 2.13. The molecule has 3 nitrogen and oxygen atoms in total. The minimum Gasteiger partial charge on any atom is -0.438 e. The molecule has 0 aliphatic carbocycles. The summed E-state index contributed by atoms with van der Waals surface area (Å²) in [5, 5.41) is 0. The number of methoxy groups -OCH3 is 1. The van der Waals surface area contributed by atoms with Gasteiger partial charge < -0.3 is 9.47 Å². The van der Waals surface area contributed by atoms with E-state index in [2.05, 4.69) is 35.8 Å². The summed E-state index contributed by atoms with van der Waals surface area (Å²) in [7, 11) is -0.0560. The Morgan fingerprint density at radius 1 is 1.38 bits per heavy atom. The number of allylic oxidation sites excluding steroid dienone is 1. The fraction of sp³-hybridized carbons (Fsp3) is 0.583. The van der Waals surface area contributed by atoms with Crippen molar-refractivity contribution >= 4 is 14.2 Å². The Morgan fingerprint density at radius 3 is 2.38 bits per heavy atom. The van der Waals surface area contributed by atoms with E-state index in [1.807, 2.05) is 13.0 Å². The van der Waals surface area contributed by atoms with Crippen molar-refractivity contribution in [2.24, 2.45) is 0 Å². The molecule has 0 bridgehead atoms. The Kier molecular flexibility index (Phi) is 5.90. The lowest BCUT2D eigenvalue weighted by Gasteiger charge is -2.08. The minimum absolute atomic E-state index is 0.316. The Balaban J connectivity index is 4.41. The lowest BCUT2D eigenvalue weighted by atomic mass is 10.2. The van der Waals surface area contributed by atoms with E-state index < -0.39 is 14.2 Å². The molecule has 4 heteroatoms. The van der Waals surface area contributed by atoms with Crippen LogP contribution in [0.25, 0.3) is 0 Å².